The summed E-state index contributed by atoms with van der Waals surface area (Å²) in [4.78, 5) is 0. The van der Waals surface area contributed by atoms with Gasteiger partial charge in [-0.05, 0) is 56.4 Å². The van der Waals surface area contributed by atoms with Gasteiger partial charge >= 0.3 is 0 Å². The molecule has 1 aromatic heterocycles. The summed E-state index contributed by atoms with van der Waals surface area (Å²) in [5.41, 5.74) is 0.915. The molecule has 0 unspecified atom stereocenters. The molecule has 7 heteroatoms. The van der Waals surface area contributed by atoms with Crippen molar-refractivity contribution in [3.05, 3.63) is 45.6 Å². The number of furan rings is 1. The van der Waals surface area contributed by atoms with E-state index >= 15 is 0 Å². The minimum Gasteiger partial charge on any atom is -0.460 e. The van der Waals surface area contributed by atoms with E-state index in [2.05, 4.69) is 33.5 Å². The number of benzene rings is 1. The highest BCUT2D eigenvalue weighted by Gasteiger charge is 2.08. The Bertz CT molecular complexity index is 578. The molecule has 0 bridgehead atoms. The monoisotopic (exact) mass is 442 g/mol. The molecular weight excluding hydrogens is 422 g/mol. The minimum atomic E-state index is 0. The molecular formula is C16H22BrCl3N2O. The zero-order valence-corrected chi connectivity index (χ0v) is 16.9. The standard InChI is InChI=1S/C16H20BrClN2O.2ClH/c1-2-19-8-3-9-20-11-13-5-7-16(21-13)14-6-4-12(17)10-15(14)18;;/h4-7,10,19-20H,2-3,8-9,11H2,1H3;2*1H. The topological polar surface area (TPSA) is 37.2 Å². The number of hydrogen-bond donors (Lipinski definition) is 2. The molecule has 0 fully saturated rings. The lowest BCUT2D eigenvalue weighted by atomic mass is 10.2. The minimum absolute atomic E-state index is 0. The average Bonchev–Trinajstić information content (AvgIpc) is 2.91. The summed E-state index contributed by atoms with van der Waals surface area (Å²) < 4.78 is 6.80. The van der Waals surface area contributed by atoms with Crippen molar-refractivity contribution in [1.29, 1.82) is 0 Å². The molecule has 2 rings (SSSR count). The zero-order chi connectivity index (χ0) is 15.1. The van der Waals surface area contributed by atoms with Gasteiger partial charge in [-0.25, -0.2) is 0 Å². The van der Waals surface area contributed by atoms with E-state index < -0.39 is 0 Å². The van der Waals surface area contributed by atoms with Gasteiger partial charge in [-0.15, -0.1) is 24.8 Å². The van der Waals surface area contributed by atoms with Crippen molar-refractivity contribution in [2.24, 2.45) is 0 Å². The van der Waals surface area contributed by atoms with Crippen LogP contribution in [0.4, 0.5) is 0 Å². The number of nitrogens with one attached hydrogen (secondary N) is 2. The van der Waals surface area contributed by atoms with Gasteiger partial charge in [-0.1, -0.05) is 34.5 Å². The van der Waals surface area contributed by atoms with Crippen LogP contribution < -0.4 is 10.6 Å². The molecule has 0 amide bonds. The van der Waals surface area contributed by atoms with Crippen LogP contribution in [0.2, 0.25) is 5.02 Å². The first-order chi connectivity index (χ1) is 10.2. The van der Waals surface area contributed by atoms with Crippen LogP contribution in [0.15, 0.2) is 39.2 Å². The number of halogens is 4. The van der Waals surface area contributed by atoms with Crippen LogP contribution in [0.3, 0.4) is 0 Å². The first kappa shape index (κ1) is 22.8. The Balaban J connectivity index is 0.00000242. The number of hydrogen-bond acceptors (Lipinski definition) is 3. The normalized spacial score (nSPS) is 10.0. The molecule has 0 aliphatic heterocycles. The van der Waals surface area contributed by atoms with Crippen molar-refractivity contribution in [3.63, 3.8) is 0 Å². The van der Waals surface area contributed by atoms with Crippen molar-refractivity contribution < 1.29 is 4.42 Å². The van der Waals surface area contributed by atoms with Crippen LogP contribution >= 0.6 is 52.3 Å². The van der Waals surface area contributed by atoms with Crippen LogP contribution in [-0.4, -0.2) is 19.6 Å². The Kier molecular flexibility index (Phi) is 12.1. The average molecular weight is 445 g/mol. The van der Waals surface area contributed by atoms with Crippen LogP contribution in [0.25, 0.3) is 11.3 Å². The third kappa shape index (κ3) is 7.46. The molecule has 0 saturated heterocycles. The van der Waals surface area contributed by atoms with Crippen LogP contribution in [0.1, 0.15) is 19.1 Å². The SMILES string of the molecule is CCNCCCNCc1ccc(-c2ccc(Br)cc2Cl)o1.Cl.Cl. The summed E-state index contributed by atoms with van der Waals surface area (Å²) in [5.74, 6) is 1.73. The molecule has 0 radical (unpaired) electrons. The zero-order valence-electron chi connectivity index (χ0n) is 12.9. The Morgan fingerprint density at radius 3 is 2.52 bits per heavy atom. The van der Waals surface area contributed by atoms with Gasteiger partial charge in [0.25, 0.3) is 0 Å². The van der Waals surface area contributed by atoms with Crippen molar-refractivity contribution in [3.8, 4) is 11.3 Å². The number of rotatable bonds is 8. The van der Waals surface area contributed by atoms with E-state index in [1.165, 1.54) is 0 Å². The summed E-state index contributed by atoms with van der Waals surface area (Å²) >= 11 is 9.64. The Morgan fingerprint density at radius 1 is 1.09 bits per heavy atom. The summed E-state index contributed by atoms with van der Waals surface area (Å²) in [7, 11) is 0. The van der Waals surface area contributed by atoms with Gasteiger partial charge in [-0.2, -0.15) is 0 Å². The first-order valence-electron chi connectivity index (χ1n) is 7.16. The highest BCUT2D eigenvalue weighted by atomic mass is 79.9. The molecule has 0 spiro atoms. The molecule has 23 heavy (non-hydrogen) atoms. The fourth-order valence-electron chi connectivity index (χ4n) is 2.03. The second-order valence-corrected chi connectivity index (χ2v) is 6.10. The van der Waals surface area contributed by atoms with E-state index in [1.54, 1.807) is 0 Å². The molecule has 1 heterocycles. The fourth-order valence-corrected chi connectivity index (χ4v) is 2.80. The third-order valence-electron chi connectivity index (χ3n) is 3.11. The molecule has 1 aromatic carbocycles. The largest absolute Gasteiger partial charge is 0.460 e. The molecule has 2 aromatic rings. The summed E-state index contributed by atoms with van der Waals surface area (Å²) in [6.45, 7) is 5.89. The molecule has 130 valence electrons. The second kappa shape index (κ2) is 12.2. The predicted octanol–water partition coefficient (Wildman–Crippen LogP) is 5.30. The maximum atomic E-state index is 6.24. The molecule has 0 atom stereocenters. The van der Waals surface area contributed by atoms with E-state index in [4.69, 9.17) is 16.0 Å². The van der Waals surface area contributed by atoms with Crippen LogP contribution in [0.5, 0.6) is 0 Å². The first-order valence-corrected chi connectivity index (χ1v) is 8.33. The van der Waals surface area contributed by atoms with Crippen molar-refractivity contribution in [2.45, 2.75) is 19.9 Å². The van der Waals surface area contributed by atoms with E-state index in [0.717, 1.165) is 54.2 Å². The van der Waals surface area contributed by atoms with Gasteiger partial charge in [-0.3, -0.25) is 0 Å². The summed E-state index contributed by atoms with van der Waals surface area (Å²) in [6, 6.07) is 9.75. The van der Waals surface area contributed by atoms with E-state index in [-0.39, 0.29) is 24.8 Å². The van der Waals surface area contributed by atoms with Crippen molar-refractivity contribution in [2.75, 3.05) is 19.6 Å². The molecule has 0 aliphatic carbocycles. The highest BCUT2D eigenvalue weighted by Crippen LogP contribution is 2.31. The van der Waals surface area contributed by atoms with Crippen molar-refractivity contribution >= 4 is 52.3 Å². The van der Waals surface area contributed by atoms with Crippen LogP contribution in [0, 0.1) is 0 Å². The molecule has 0 aliphatic rings. The highest BCUT2D eigenvalue weighted by molar-refractivity contribution is 9.10. The fraction of sp³-hybridized carbons (Fsp3) is 0.375. The summed E-state index contributed by atoms with van der Waals surface area (Å²) in [5, 5.41) is 7.36. The molecule has 3 nitrogen and oxygen atoms in total. The van der Waals surface area contributed by atoms with E-state index in [1.807, 2.05) is 30.3 Å². The van der Waals surface area contributed by atoms with Gasteiger partial charge in [0, 0.05) is 10.0 Å². The van der Waals surface area contributed by atoms with E-state index in [0.29, 0.717) is 5.02 Å². The quantitative estimate of drug-likeness (QED) is 0.543. The van der Waals surface area contributed by atoms with Gasteiger partial charge in [0.15, 0.2) is 0 Å². The maximum absolute atomic E-state index is 6.24. The lowest BCUT2D eigenvalue weighted by Crippen LogP contribution is -2.21. The van der Waals surface area contributed by atoms with Crippen molar-refractivity contribution in [1.82, 2.24) is 10.6 Å². The predicted molar refractivity (Wildman–Crippen MR) is 106 cm³/mol. The van der Waals surface area contributed by atoms with Gasteiger partial charge in [0.1, 0.15) is 11.5 Å². The van der Waals surface area contributed by atoms with Gasteiger partial charge < -0.3 is 15.1 Å². The van der Waals surface area contributed by atoms with Crippen LogP contribution in [-0.2, 0) is 6.54 Å². The second-order valence-electron chi connectivity index (χ2n) is 4.77. The third-order valence-corrected chi connectivity index (χ3v) is 3.92. The Labute approximate surface area is 163 Å². The van der Waals surface area contributed by atoms with E-state index in [9.17, 15) is 0 Å². The maximum Gasteiger partial charge on any atom is 0.135 e. The smallest absolute Gasteiger partial charge is 0.135 e. The lowest BCUT2D eigenvalue weighted by Gasteiger charge is -2.04. The Hall–Kier alpha value is -0.230. The van der Waals surface area contributed by atoms with Gasteiger partial charge in [0.05, 0.1) is 11.6 Å². The molecule has 0 saturated carbocycles. The van der Waals surface area contributed by atoms with Gasteiger partial charge in [0.2, 0.25) is 0 Å². The molecule has 2 N–H and O–H groups in total. The Morgan fingerprint density at radius 2 is 1.83 bits per heavy atom. The lowest BCUT2D eigenvalue weighted by molar-refractivity contribution is 0.488. The summed E-state index contributed by atoms with van der Waals surface area (Å²) in [6.07, 6.45) is 1.11.